The van der Waals surface area contributed by atoms with E-state index in [1.165, 1.54) is 5.69 Å². The number of hydrogen-bond donors (Lipinski definition) is 2. The van der Waals surface area contributed by atoms with Gasteiger partial charge in [-0.15, -0.1) is 0 Å². The molecule has 0 aliphatic heterocycles. The summed E-state index contributed by atoms with van der Waals surface area (Å²) in [6.07, 6.45) is 0. The van der Waals surface area contributed by atoms with Crippen molar-refractivity contribution in [2.24, 2.45) is 0 Å². The molecule has 100 valence electrons. The summed E-state index contributed by atoms with van der Waals surface area (Å²) in [4.78, 5) is 12.9. The second kappa shape index (κ2) is 7.01. The first-order valence-electron chi connectivity index (χ1n) is 6.38. The predicted molar refractivity (Wildman–Crippen MR) is 73.9 cm³/mol. The normalized spacial score (nSPS) is 12.2. The molecule has 0 amide bonds. The predicted octanol–water partition coefficient (Wildman–Crippen LogP) is 2.10. The van der Waals surface area contributed by atoms with Crippen LogP contribution in [0.3, 0.4) is 0 Å². The van der Waals surface area contributed by atoms with Gasteiger partial charge in [-0.25, -0.2) is 0 Å². The molecule has 0 spiro atoms. The van der Waals surface area contributed by atoms with Crippen molar-refractivity contribution in [2.45, 2.75) is 33.4 Å². The maximum atomic E-state index is 10.7. The van der Waals surface area contributed by atoms with Gasteiger partial charge in [0.1, 0.15) is 6.04 Å². The Labute approximate surface area is 109 Å². The number of carboxylic acids is 1. The first-order valence-corrected chi connectivity index (χ1v) is 6.38. The number of hydrogen-bond acceptors (Lipinski definition) is 3. The van der Waals surface area contributed by atoms with E-state index in [0.717, 1.165) is 18.7 Å². The van der Waals surface area contributed by atoms with Crippen molar-refractivity contribution in [1.82, 2.24) is 5.32 Å². The standard InChI is InChI=1S/C14H22N2O2/c1-4-16(5-2)13-8-6-12(7-9-13)10-15-11(3)14(17)18/h6-9,11,15H,4-5,10H2,1-3H3,(H,17,18). The fourth-order valence-electron chi connectivity index (χ4n) is 1.77. The Balaban J connectivity index is 2.57. The number of carboxylic acid groups (broad SMARTS) is 1. The minimum atomic E-state index is -0.824. The van der Waals surface area contributed by atoms with Gasteiger partial charge in [0.2, 0.25) is 0 Å². The molecule has 0 saturated carbocycles. The Morgan fingerprint density at radius 1 is 1.28 bits per heavy atom. The molecule has 1 aromatic carbocycles. The Hall–Kier alpha value is -1.55. The van der Waals surface area contributed by atoms with Crippen molar-refractivity contribution in [3.63, 3.8) is 0 Å². The number of nitrogens with one attached hydrogen (secondary N) is 1. The Morgan fingerprint density at radius 2 is 1.83 bits per heavy atom. The number of carbonyl (C=O) groups is 1. The van der Waals surface area contributed by atoms with Gasteiger partial charge < -0.3 is 15.3 Å². The summed E-state index contributed by atoms with van der Waals surface area (Å²) in [5.74, 6) is -0.824. The van der Waals surface area contributed by atoms with E-state index < -0.39 is 12.0 Å². The second-order valence-corrected chi connectivity index (χ2v) is 4.28. The van der Waals surface area contributed by atoms with E-state index in [2.05, 4.69) is 36.2 Å². The summed E-state index contributed by atoms with van der Waals surface area (Å²) >= 11 is 0. The number of rotatable bonds is 7. The number of aliphatic carboxylic acids is 1. The molecule has 2 N–H and O–H groups in total. The van der Waals surface area contributed by atoms with Crippen LogP contribution in [0.2, 0.25) is 0 Å². The largest absolute Gasteiger partial charge is 0.480 e. The van der Waals surface area contributed by atoms with Gasteiger partial charge in [0.25, 0.3) is 0 Å². The summed E-state index contributed by atoms with van der Waals surface area (Å²) in [6, 6.07) is 7.71. The minimum absolute atomic E-state index is 0.521. The molecule has 1 atom stereocenters. The van der Waals surface area contributed by atoms with Gasteiger partial charge in [-0.05, 0) is 38.5 Å². The van der Waals surface area contributed by atoms with E-state index in [-0.39, 0.29) is 0 Å². The highest BCUT2D eigenvalue weighted by molar-refractivity contribution is 5.72. The zero-order valence-corrected chi connectivity index (χ0v) is 11.3. The van der Waals surface area contributed by atoms with Gasteiger partial charge in [-0.3, -0.25) is 4.79 Å². The SMILES string of the molecule is CCN(CC)c1ccc(CNC(C)C(=O)O)cc1. The van der Waals surface area contributed by atoms with E-state index in [9.17, 15) is 4.79 Å². The number of anilines is 1. The molecule has 0 aromatic heterocycles. The third kappa shape index (κ3) is 4.04. The fourth-order valence-corrected chi connectivity index (χ4v) is 1.77. The van der Waals surface area contributed by atoms with Crippen molar-refractivity contribution >= 4 is 11.7 Å². The van der Waals surface area contributed by atoms with Crippen molar-refractivity contribution in [1.29, 1.82) is 0 Å². The van der Waals surface area contributed by atoms with Crippen LogP contribution in [0.4, 0.5) is 5.69 Å². The lowest BCUT2D eigenvalue weighted by Gasteiger charge is -2.21. The van der Waals surface area contributed by atoms with Crippen molar-refractivity contribution in [3.8, 4) is 0 Å². The summed E-state index contributed by atoms with van der Waals surface area (Å²) < 4.78 is 0. The zero-order valence-electron chi connectivity index (χ0n) is 11.3. The molecule has 0 bridgehead atoms. The van der Waals surface area contributed by atoms with Crippen LogP contribution in [0, 0.1) is 0 Å². The third-order valence-electron chi connectivity index (χ3n) is 3.05. The van der Waals surface area contributed by atoms with Crippen LogP contribution >= 0.6 is 0 Å². The van der Waals surface area contributed by atoms with E-state index in [1.807, 2.05) is 12.1 Å². The maximum Gasteiger partial charge on any atom is 0.320 e. The topological polar surface area (TPSA) is 52.6 Å². The van der Waals surface area contributed by atoms with E-state index >= 15 is 0 Å². The average molecular weight is 250 g/mol. The summed E-state index contributed by atoms with van der Waals surface area (Å²) in [7, 11) is 0. The molecule has 1 unspecified atom stereocenters. The second-order valence-electron chi connectivity index (χ2n) is 4.28. The molecule has 1 rings (SSSR count). The van der Waals surface area contributed by atoms with Crippen LogP contribution in [0.5, 0.6) is 0 Å². The quantitative estimate of drug-likeness (QED) is 0.778. The average Bonchev–Trinajstić information content (AvgIpc) is 2.38. The molecular weight excluding hydrogens is 228 g/mol. The first kappa shape index (κ1) is 14.5. The van der Waals surface area contributed by atoms with Crippen LogP contribution in [0.15, 0.2) is 24.3 Å². The zero-order chi connectivity index (χ0) is 13.5. The maximum absolute atomic E-state index is 10.7. The van der Waals surface area contributed by atoms with Crippen LogP contribution in [-0.4, -0.2) is 30.2 Å². The number of benzene rings is 1. The lowest BCUT2D eigenvalue weighted by molar-refractivity contribution is -0.139. The lowest BCUT2D eigenvalue weighted by Crippen LogP contribution is -2.33. The molecule has 0 aliphatic rings. The monoisotopic (exact) mass is 250 g/mol. The van der Waals surface area contributed by atoms with Crippen molar-refractivity contribution in [2.75, 3.05) is 18.0 Å². The van der Waals surface area contributed by atoms with Crippen LogP contribution in [0.25, 0.3) is 0 Å². The Morgan fingerprint density at radius 3 is 2.28 bits per heavy atom. The van der Waals surface area contributed by atoms with Crippen LogP contribution in [0.1, 0.15) is 26.3 Å². The highest BCUT2D eigenvalue weighted by Gasteiger charge is 2.09. The van der Waals surface area contributed by atoms with Crippen molar-refractivity contribution in [3.05, 3.63) is 29.8 Å². The first-order chi connectivity index (χ1) is 8.58. The van der Waals surface area contributed by atoms with Gasteiger partial charge in [-0.1, -0.05) is 12.1 Å². The molecule has 4 heteroatoms. The molecule has 0 radical (unpaired) electrons. The highest BCUT2D eigenvalue weighted by Crippen LogP contribution is 2.14. The molecule has 0 aliphatic carbocycles. The van der Waals surface area contributed by atoms with Gasteiger partial charge in [0.05, 0.1) is 0 Å². The third-order valence-corrected chi connectivity index (χ3v) is 3.05. The van der Waals surface area contributed by atoms with E-state index in [4.69, 9.17) is 5.11 Å². The minimum Gasteiger partial charge on any atom is -0.480 e. The van der Waals surface area contributed by atoms with E-state index in [0.29, 0.717) is 6.54 Å². The van der Waals surface area contributed by atoms with Crippen LogP contribution in [-0.2, 0) is 11.3 Å². The molecule has 0 saturated heterocycles. The fraction of sp³-hybridized carbons (Fsp3) is 0.500. The number of nitrogens with zero attached hydrogens (tertiary/aromatic N) is 1. The summed E-state index contributed by atoms with van der Waals surface area (Å²) in [5, 5.41) is 11.7. The Kier molecular flexibility index (Phi) is 5.65. The van der Waals surface area contributed by atoms with Crippen LogP contribution < -0.4 is 10.2 Å². The molecule has 18 heavy (non-hydrogen) atoms. The van der Waals surface area contributed by atoms with Gasteiger partial charge in [0.15, 0.2) is 0 Å². The van der Waals surface area contributed by atoms with Gasteiger partial charge in [-0.2, -0.15) is 0 Å². The lowest BCUT2D eigenvalue weighted by atomic mass is 10.2. The molecule has 1 aromatic rings. The smallest absolute Gasteiger partial charge is 0.320 e. The molecular formula is C14H22N2O2. The van der Waals surface area contributed by atoms with Crippen molar-refractivity contribution < 1.29 is 9.90 Å². The summed E-state index contributed by atoms with van der Waals surface area (Å²) in [5.41, 5.74) is 2.30. The summed E-state index contributed by atoms with van der Waals surface area (Å²) in [6.45, 7) is 8.47. The van der Waals surface area contributed by atoms with E-state index in [1.54, 1.807) is 6.92 Å². The molecule has 0 fully saturated rings. The van der Waals surface area contributed by atoms with Gasteiger partial charge >= 0.3 is 5.97 Å². The Bertz CT molecular complexity index is 372. The highest BCUT2D eigenvalue weighted by atomic mass is 16.4. The van der Waals surface area contributed by atoms with Gasteiger partial charge in [0, 0.05) is 25.3 Å². The molecule has 0 heterocycles. The molecule has 4 nitrogen and oxygen atoms in total.